The molecule has 1 atom stereocenters. The Morgan fingerprint density at radius 1 is 1.21 bits per heavy atom. The van der Waals surface area contributed by atoms with Crippen molar-refractivity contribution in [1.29, 1.82) is 0 Å². The first-order valence-electron chi connectivity index (χ1n) is 6.34. The molecule has 1 N–H and O–H groups in total. The van der Waals surface area contributed by atoms with Crippen LogP contribution in [0.3, 0.4) is 0 Å². The Kier molecular flexibility index (Phi) is 5.66. The third-order valence-electron chi connectivity index (χ3n) is 2.61. The largest absolute Gasteiger partial charge is 0.573 e. The molecule has 0 saturated heterocycles. The molecule has 2 nitrogen and oxygen atoms in total. The molecule has 0 amide bonds. The van der Waals surface area contributed by atoms with E-state index < -0.39 is 6.36 Å². The van der Waals surface area contributed by atoms with Crippen molar-refractivity contribution in [3.63, 3.8) is 0 Å². The fraction of sp³-hybridized carbons (Fsp3) is 0.571. The van der Waals surface area contributed by atoms with Gasteiger partial charge in [0.2, 0.25) is 0 Å². The smallest absolute Gasteiger partial charge is 0.406 e. The molecule has 0 fully saturated rings. The normalized spacial score (nSPS) is 13.6. The Hall–Kier alpha value is -1.23. The number of hydrogen-bond donors (Lipinski definition) is 1. The summed E-state index contributed by atoms with van der Waals surface area (Å²) in [6.07, 6.45) is -3.62. The van der Waals surface area contributed by atoms with Gasteiger partial charge in [-0.2, -0.15) is 0 Å². The molecule has 1 unspecified atom stereocenters. The highest BCUT2D eigenvalue weighted by atomic mass is 19.4. The van der Waals surface area contributed by atoms with Crippen molar-refractivity contribution in [2.24, 2.45) is 5.92 Å². The second kappa shape index (κ2) is 6.80. The minimum absolute atomic E-state index is 0.177. The van der Waals surface area contributed by atoms with Gasteiger partial charge in [0.05, 0.1) is 0 Å². The predicted molar refractivity (Wildman–Crippen MR) is 68.9 cm³/mol. The molecular weight excluding hydrogens is 255 g/mol. The topological polar surface area (TPSA) is 21.3 Å². The molecule has 0 aliphatic rings. The van der Waals surface area contributed by atoms with E-state index in [1.54, 1.807) is 12.1 Å². The Bertz CT molecular complexity index is 391. The van der Waals surface area contributed by atoms with Crippen molar-refractivity contribution in [1.82, 2.24) is 5.32 Å². The molecule has 108 valence electrons. The summed E-state index contributed by atoms with van der Waals surface area (Å²) >= 11 is 0. The van der Waals surface area contributed by atoms with Crippen molar-refractivity contribution in [2.45, 2.75) is 46.1 Å². The van der Waals surface area contributed by atoms with Gasteiger partial charge in [0.25, 0.3) is 0 Å². The molecule has 1 aromatic rings. The van der Waals surface area contributed by atoms with E-state index in [0.29, 0.717) is 18.5 Å². The van der Waals surface area contributed by atoms with Crippen LogP contribution in [0.4, 0.5) is 13.2 Å². The van der Waals surface area contributed by atoms with Crippen LogP contribution in [0.15, 0.2) is 24.3 Å². The third-order valence-corrected chi connectivity index (χ3v) is 2.61. The molecule has 0 aliphatic carbocycles. The van der Waals surface area contributed by atoms with Gasteiger partial charge >= 0.3 is 6.36 Å². The van der Waals surface area contributed by atoms with Crippen LogP contribution in [0.25, 0.3) is 0 Å². The van der Waals surface area contributed by atoms with Crippen LogP contribution in [0.2, 0.25) is 0 Å². The first kappa shape index (κ1) is 15.8. The number of hydrogen-bond acceptors (Lipinski definition) is 2. The minimum Gasteiger partial charge on any atom is -0.406 e. The van der Waals surface area contributed by atoms with Gasteiger partial charge in [0.1, 0.15) is 5.75 Å². The average molecular weight is 275 g/mol. The van der Waals surface area contributed by atoms with Gasteiger partial charge in [-0.1, -0.05) is 26.0 Å². The van der Waals surface area contributed by atoms with Crippen LogP contribution >= 0.6 is 0 Å². The van der Waals surface area contributed by atoms with Gasteiger partial charge in [0, 0.05) is 12.6 Å². The number of alkyl halides is 3. The Balaban J connectivity index is 2.53. The summed E-state index contributed by atoms with van der Waals surface area (Å²) in [7, 11) is 0. The number of benzene rings is 1. The van der Waals surface area contributed by atoms with Gasteiger partial charge in [-0.3, -0.25) is 0 Å². The van der Waals surface area contributed by atoms with E-state index in [2.05, 4.69) is 30.8 Å². The van der Waals surface area contributed by atoms with E-state index in [9.17, 15) is 13.2 Å². The summed E-state index contributed by atoms with van der Waals surface area (Å²) in [4.78, 5) is 0. The molecule has 0 bridgehead atoms. The van der Waals surface area contributed by atoms with Gasteiger partial charge in [0.15, 0.2) is 0 Å². The summed E-state index contributed by atoms with van der Waals surface area (Å²) < 4.78 is 40.2. The summed E-state index contributed by atoms with van der Waals surface area (Å²) in [6, 6.07) is 6.37. The maximum Gasteiger partial charge on any atom is 0.573 e. The van der Waals surface area contributed by atoms with E-state index in [1.165, 1.54) is 12.1 Å². The maximum absolute atomic E-state index is 12.1. The third kappa shape index (κ3) is 7.06. The highest BCUT2D eigenvalue weighted by Gasteiger charge is 2.31. The molecule has 0 radical (unpaired) electrons. The molecule has 1 aromatic carbocycles. The van der Waals surface area contributed by atoms with Crippen molar-refractivity contribution >= 4 is 0 Å². The zero-order chi connectivity index (χ0) is 14.5. The van der Waals surface area contributed by atoms with Crippen LogP contribution in [0, 0.1) is 5.92 Å². The van der Waals surface area contributed by atoms with Crippen LogP contribution < -0.4 is 10.1 Å². The highest BCUT2D eigenvalue weighted by molar-refractivity contribution is 5.28. The Morgan fingerprint density at radius 3 is 2.47 bits per heavy atom. The fourth-order valence-corrected chi connectivity index (χ4v) is 1.94. The zero-order valence-corrected chi connectivity index (χ0v) is 11.4. The molecule has 0 aromatic heterocycles. The van der Waals surface area contributed by atoms with E-state index in [4.69, 9.17) is 0 Å². The number of halogens is 3. The standard InChI is InChI=1S/C14H20F3NO/c1-10(2)7-11(3)18-9-12-5-4-6-13(8-12)19-14(15,16)17/h4-6,8,10-11,18H,7,9H2,1-3H3. The molecule has 0 heterocycles. The summed E-state index contributed by atoms with van der Waals surface area (Å²) in [6.45, 7) is 6.87. The van der Waals surface area contributed by atoms with E-state index in [1.807, 2.05) is 0 Å². The van der Waals surface area contributed by atoms with Gasteiger partial charge in [-0.15, -0.1) is 13.2 Å². The Labute approximate surface area is 112 Å². The summed E-state index contributed by atoms with van der Waals surface area (Å²) in [5.74, 6) is 0.408. The molecule has 5 heteroatoms. The summed E-state index contributed by atoms with van der Waals surface area (Å²) in [5, 5.41) is 3.28. The second-order valence-corrected chi connectivity index (χ2v) is 5.11. The van der Waals surface area contributed by atoms with Crippen LogP contribution in [-0.4, -0.2) is 12.4 Å². The quantitative estimate of drug-likeness (QED) is 0.843. The lowest BCUT2D eigenvalue weighted by molar-refractivity contribution is -0.274. The van der Waals surface area contributed by atoms with Crippen LogP contribution in [0.5, 0.6) is 5.75 Å². The van der Waals surface area contributed by atoms with E-state index >= 15 is 0 Å². The van der Waals surface area contributed by atoms with Gasteiger partial charge in [-0.05, 0) is 37.0 Å². The monoisotopic (exact) mass is 275 g/mol. The van der Waals surface area contributed by atoms with Crippen molar-refractivity contribution < 1.29 is 17.9 Å². The maximum atomic E-state index is 12.1. The summed E-state index contributed by atoms with van der Waals surface area (Å²) in [5.41, 5.74) is 0.775. The predicted octanol–water partition coefficient (Wildman–Crippen LogP) is 4.11. The number of ether oxygens (including phenoxy) is 1. The SMILES string of the molecule is CC(C)CC(C)NCc1cccc(OC(F)(F)F)c1. The number of nitrogens with one attached hydrogen (secondary N) is 1. The molecule has 0 saturated carbocycles. The second-order valence-electron chi connectivity index (χ2n) is 5.11. The molecular formula is C14H20F3NO. The minimum atomic E-state index is -4.64. The lowest BCUT2D eigenvalue weighted by Gasteiger charge is -2.16. The van der Waals surface area contributed by atoms with E-state index in [-0.39, 0.29) is 5.75 Å². The van der Waals surface area contributed by atoms with E-state index in [0.717, 1.165) is 12.0 Å². The molecule has 1 rings (SSSR count). The van der Waals surface area contributed by atoms with Crippen LogP contribution in [0.1, 0.15) is 32.8 Å². The molecule has 0 spiro atoms. The van der Waals surface area contributed by atoms with Gasteiger partial charge in [-0.25, -0.2) is 0 Å². The lowest BCUT2D eigenvalue weighted by Crippen LogP contribution is -2.26. The average Bonchev–Trinajstić information content (AvgIpc) is 2.23. The first-order valence-corrected chi connectivity index (χ1v) is 6.34. The van der Waals surface area contributed by atoms with Crippen molar-refractivity contribution in [3.05, 3.63) is 29.8 Å². The number of rotatable bonds is 6. The van der Waals surface area contributed by atoms with Crippen molar-refractivity contribution in [3.8, 4) is 5.75 Å². The molecule has 19 heavy (non-hydrogen) atoms. The lowest BCUT2D eigenvalue weighted by atomic mass is 10.1. The highest BCUT2D eigenvalue weighted by Crippen LogP contribution is 2.23. The van der Waals surface area contributed by atoms with Gasteiger partial charge < -0.3 is 10.1 Å². The first-order chi connectivity index (χ1) is 8.76. The Morgan fingerprint density at radius 2 is 1.89 bits per heavy atom. The van der Waals surface area contributed by atoms with Crippen LogP contribution in [-0.2, 0) is 6.54 Å². The molecule has 0 aliphatic heterocycles. The van der Waals surface area contributed by atoms with Crippen molar-refractivity contribution in [2.75, 3.05) is 0 Å². The fourth-order valence-electron chi connectivity index (χ4n) is 1.94. The zero-order valence-electron chi connectivity index (χ0n) is 11.4.